The second kappa shape index (κ2) is 6.83. The largest absolute Gasteiger partial charge is 0.444 e. The van der Waals surface area contributed by atoms with E-state index in [1.807, 2.05) is 0 Å². The Morgan fingerprint density at radius 1 is 1.14 bits per heavy atom. The fraction of sp³-hybridized carbons (Fsp3) is 0.533. The van der Waals surface area contributed by atoms with E-state index in [0.717, 1.165) is 30.6 Å². The van der Waals surface area contributed by atoms with Gasteiger partial charge in [-0.15, -0.1) is 0 Å². The summed E-state index contributed by atoms with van der Waals surface area (Å²) in [5.41, 5.74) is -0.282. The van der Waals surface area contributed by atoms with E-state index >= 15 is 0 Å². The van der Waals surface area contributed by atoms with E-state index in [1.54, 1.807) is 0 Å². The van der Waals surface area contributed by atoms with Crippen LogP contribution in [0.5, 0.6) is 0 Å². The average Bonchev–Trinajstić information content (AvgIpc) is 2.80. The zero-order valence-electron chi connectivity index (χ0n) is 11.9. The number of benzene rings is 1. The summed E-state index contributed by atoms with van der Waals surface area (Å²) in [5, 5.41) is 0. The predicted octanol–water partition coefficient (Wildman–Crippen LogP) is 4.40. The van der Waals surface area contributed by atoms with Crippen molar-refractivity contribution in [1.29, 1.82) is 0 Å². The first-order valence-electron chi connectivity index (χ1n) is 7.15. The summed E-state index contributed by atoms with van der Waals surface area (Å²) in [4.78, 5) is 12.8. The zero-order valence-corrected chi connectivity index (χ0v) is 11.9. The van der Waals surface area contributed by atoms with Crippen molar-refractivity contribution >= 4 is 11.8 Å². The fourth-order valence-electron chi connectivity index (χ4n) is 2.39. The van der Waals surface area contributed by atoms with Gasteiger partial charge in [0.15, 0.2) is 11.6 Å². The summed E-state index contributed by atoms with van der Waals surface area (Å²) in [6, 6.07) is 1.12. The predicted molar refractivity (Wildman–Crippen MR) is 72.7 cm³/mol. The maximum atomic E-state index is 13.7. The molecule has 0 aliphatic carbocycles. The van der Waals surface area contributed by atoms with Crippen molar-refractivity contribution in [3.05, 3.63) is 29.6 Å². The standard InChI is InChI=1S/C15H18F3NO2/c1-2-3-4-5-6-10-9-19(15(20)21-10)14-8-12(17)11(16)7-13(14)18/h7-8,10H,2-6,9H2,1H3. The van der Waals surface area contributed by atoms with Crippen LogP contribution in [0.3, 0.4) is 0 Å². The van der Waals surface area contributed by atoms with Crippen molar-refractivity contribution in [1.82, 2.24) is 0 Å². The highest BCUT2D eigenvalue weighted by atomic mass is 19.2. The molecule has 0 bridgehead atoms. The first kappa shape index (κ1) is 15.7. The van der Waals surface area contributed by atoms with Crippen LogP contribution in [0.1, 0.15) is 39.0 Å². The van der Waals surface area contributed by atoms with Crippen LogP contribution >= 0.6 is 0 Å². The minimum Gasteiger partial charge on any atom is -0.444 e. The number of carbonyl (C=O) groups excluding carboxylic acids is 1. The van der Waals surface area contributed by atoms with Crippen LogP contribution in [0.4, 0.5) is 23.7 Å². The number of unbranched alkanes of at least 4 members (excludes halogenated alkanes) is 3. The molecule has 21 heavy (non-hydrogen) atoms. The normalized spacial score (nSPS) is 18.2. The van der Waals surface area contributed by atoms with E-state index in [0.29, 0.717) is 18.6 Å². The third-order valence-corrected chi connectivity index (χ3v) is 3.53. The quantitative estimate of drug-likeness (QED) is 0.576. The summed E-state index contributed by atoms with van der Waals surface area (Å²) in [7, 11) is 0. The molecule has 1 aromatic carbocycles. The van der Waals surface area contributed by atoms with Gasteiger partial charge in [-0.1, -0.05) is 26.2 Å². The number of nitrogens with zero attached hydrogens (tertiary/aromatic N) is 1. The molecule has 1 amide bonds. The van der Waals surface area contributed by atoms with Gasteiger partial charge in [0.05, 0.1) is 12.2 Å². The van der Waals surface area contributed by atoms with E-state index in [4.69, 9.17) is 4.74 Å². The van der Waals surface area contributed by atoms with E-state index in [2.05, 4.69) is 6.92 Å². The van der Waals surface area contributed by atoms with Gasteiger partial charge >= 0.3 is 6.09 Å². The summed E-state index contributed by atoms with van der Waals surface area (Å²) >= 11 is 0. The molecule has 1 fully saturated rings. The highest BCUT2D eigenvalue weighted by Gasteiger charge is 2.34. The van der Waals surface area contributed by atoms with Crippen molar-refractivity contribution in [2.24, 2.45) is 0 Å². The minimum absolute atomic E-state index is 0.160. The molecule has 1 unspecified atom stereocenters. The van der Waals surface area contributed by atoms with Crippen molar-refractivity contribution < 1.29 is 22.7 Å². The Labute approximate surface area is 121 Å². The molecule has 1 heterocycles. The Hall–Kier alpha value is -1.72. The first-order chi connectivity index (χ1) is 10.0. The molecular formula is C15H18F3NO2. The summed E-state index contributed by atoms with van der Waals surface area (Å²) in [6.45, 7) is 2.26. The molecule has 116 valence electrons. The molecule has 1 aromatic rings. The molecule has 1 saturated heterocycles. The Morgan fingerprint density at radius 2 is 1.86 bits per heavy atom. The number of anilines is 1. The molecule has 6 heteroatoms. The zero-order chi connectivity index (χ0) is 15.4. The summed E-state index contributed by atoms with van der Waals surface area (Å²) < 4.78 is 44.9. The van der Waals surface area contributed by atoms with E-state index in [1.165, 1.54) is 0 Å². The lowest BCUT2D eigenvalue weighted by Gasteiger charge is -2.14. The molecule has 0 radical (unpaired) electrons. The maximum absolute atomic E-state index is 13.7. The highest BCUT2D eigenvalue weighted by molar-refractivity contribution is 5.89. The van der Waals surface area contributed by atoms with Gasteiger partial charge < -0.3 is 4.74 Å². The Morgan fingerprint density at radius 3 is 2.57 bits per heavy atom. The molecule has 1 atom stereocenters. The number of amides is 1. The van der Waals surface area contributed by atoms with Gasteiger partial charge in [0.25, 0.3) is 0 Å². The molecule has 1 aliphatic heterocycles. The molecule has 3 nitrogen and oxygen atoms in total. The summed E-state index contributed by atoms with van der Waals surface area (Å²) in [6.07, 6.45) is 3.82. The number of ether oxygens (including phenoxy) is 1. The van der Waals surface area contributed by atoms with Crippen LogP contribution in [0.25, 0.3) is 0 Å². The monoisotopic (exact) mass is 301 g/mol. The number of rotatable bonds is 6. The molecular weight excluding hydrogens is 283 g/mol. The molecule has 1 aliphatic rings. The molecule has 2 rings (SSSR count). The highest BCUT2D eigenvalue weighted by Crippen LogP contribution is 2.28. The maximum Gasteiger partial charge on any atom is 0.414 e. The number of hydrogen-bond donors (Lipinski definition) is 0. The lowest BCUT2D eigenvalue weighted by Crippen LogP contribution is -2.25. The second-order valence-corrected chi connectivity index (χ2v) is 5.18. The topological polar surface area (TPSA) is 29.5 Å². The van der Waals surface area contributed by atoms with Crippen molar-refractivity contribution in [3.8, 4) is 0 Å². The van der Waals surface area contributed by atoms with Crippen LogP contribution in [0.2, 0.25) is 0 Å². The van der Waals surface area contributed by atoms with Crippen molar-refractivity contribution in [2.75, 3.05) is 11.4 Å². The Balaban J connectivity index is 2.01. The van der Waals surface area contributed by atoms with Crippen LogP contribution < -0.4 is 4.90 Å². The Kier molecular flexibility index (Phi) is 5.09. The number of carbonyl (C=O) groups is 1. The lowest BCUT2D eigenvalue weighted by molar-refractivity contribution is 0.135. The van der Waals surface area contributed by atoms with Gasteiger partial charge in [-0.05, 0) is 12.8 Å². The number of halogens is 3. The fourth-order valence-corrected chi connectivity index (χ4v) is 2.39. The van der Waals surface area contributed by atoms with Crippen molar-refractivity contribution in [3.63, 3.8) is 0 Å². The van der Waals surface area contributed by atoms with Gasteiger partial charge in [0.1, 0.15) is 11.9 Å². The van der Waals surface area contributed by atoms with Gasteiger partial charge in [0.2, 0.25) is 0 Å². The average molecular weight is 301 g/mol. The summed E-state index contributed by atoms with van der Waals surface area (Å²) in [5.74, 6) is -3.44. The molecule has 0 saturated carbocycles. The molecule has 0 spiro atoms. The minimum atomic E-state index is -1.28. The van der Waals surface area contributed by atoms with Gasteiger partial charge in [0, 0.05) is 12.1 Å². The van der Waals surface area contributed by atoms with Crippen LogP contribution in [0.15, 0.2) is 12.1 Å². The molecule has 0 N–H and O–H groups in total. The van der Waals surface area contributed by atoms with E-state index in [9.17, 15) is 18.0 Å². The third kappa shape index (κ3) is 3.68. The smallest absolute Gasteiger partial charge is 0.414 e. The SMILES string of the molecule is CCCCCCC1CN(c2cc(F)c(F)cc2F)C(=O)O1. The van der Waals surface area contributed by atoms with Crippen LogP contribution in [-0.2, 0) is 4.74 Å². The van der Waals surface area contributed by atoms with Gasteiger partial charge in [-0.25, -0.2) is 18.0 Å². The second-order valence-electron chi connectivity index (χ2n) is 5.18. The van der Waals surface area contributed by atoms with E-state index < -0.39 is 23.5 Å². The third-order valence-electron chi connectivity index (χ3n) is 3.53. The number of hydrogen-bond acceptors (Lipinski definition) is 2. The lowest BCUT2D eigenvalue weighted by atomic mass is 10.1. The number of cyclic esters (lactones) is 1. The van der Waals surface area contributed by atoms with Gasteiger partial charge in [-0.3, -0.25) is 4.90 Å². The van der Waals surface area contributed by atoms with Gasteiger partial charge in [-0.2, -0.15) is 0 Å². The van der Waals surface area contributed by atoms with Crippen LogP contribution in [0, 0.1) is 17.5 Å². The molecule has 0 aromatic heterocycles. The van der Waals surface area contributed by atoms with E-state index in [-0.39, 0.29) is 18.3 Å². The van der Waals surface area contributed by atoms with Crippen LogP contribution in [-0.4, -0.2) is 18.7 Å². The Bertz CT molecular complexity index is 522. The van der Waals surface area contributed by atoms with Crippen molar-refractivity contribution in [2.45, 2.75) is 45.1 Å². The first-order valence-corrected chi connectivity index (χ1v) is 7.15.